The zero-order chi connectivity index (χ0) is 13.4. The zero-order valence-corrected chi connectivity index (χ0v) is 11.4. The van der Waals surface area contributed by atoms with Gasteiger partial charge in [0.2, 0.25) is 11.8 Å². The van der Waals surface area contributed by atoms with Crippen molar-refractivity contribution in [3.8, 4) is 0 Å². The fraction of sp³-hybridized carbons (Fsp3) is 0.857. The minimum atomic E-state index is -0.382. The van der Waals surface area contributed by atoms with Crippen LogP contribution in [0.25, 0.3) is 0 Å². The van der Waals surface area contributed by atoms with Crippen LogP contribution in [0.4, 0.5) is 0 Å². The number of carbonyl (C=O) groups excluding carboxylic acids is 2. The van der Waals surface area contributed by atoms with E-state index in [4.69, 9.17) is 4.74 Å². The molecule has 2 amide bonds. The van der Waals surface area contributed by atoms with Crippen molar-refractivity contribution in [3.05, 3.63) is 0 Å². The summed E-state index contributed by atoms with van der Waals surface area (Å²) in [6, 6.07) is -0.614. The van der Waals surface area contributed by atoms with Gasteiger partial charge in [0.25, 0.3) is 0 Å². The van der Waals surface area contributed by atoms with E-state index in [1.165, 1.54) is 0 Å². The molecule has 2 heterocycles. The number of hydrogen-bond acceptors (Lipinski definition) is 3. The van der Waals surface area contributed by atoms with Gasteiger partial charge in [0, 0.05) is 13.2 Å². The van der Waals surface area contributed by atoms with Crippen molar-refractivity contribution in [1.82, 2.24) is 10.2 Å². The maximum atomic E-state index is 12.3. The number of nitrogens with zero attached hydrogens (tertiary/aromatic N) is 1. The van der Waals surface area contributed by atoms with Crippen LogP contribution in [-0.2, 0) is 14.3 Å². The van der Waals surface area contributed by atoms with E-state index in [0.29, 0.717) is 12.5 Å². The van der Waals surface area contributed by atoms with Crippen molar-refractivity contribution >= 4 is 11.8 Å². The molecule has 5 nitrogen and oxygen atoms in total. The third kappa shape index (κ3) is 2.61. The highest BCUT2D eigenvalue weighted by molar-refractivity contribution is 5.97. The van der Waals surface area contributed by atoms with E-state index in [0.717, 1.165) is 38.7 Å². The van der Waals surface area contributed by atoms with Gasteiger partial charge in [-0.15, -0.1) is 0 Å². The quantitative estimate of drug-likeness (QED) is 0.814. The van der Waals surface area contributed by atoms with Crippen molar-refractivity contribution in [1.29, 1.82) is 0 Å². The predicted octanol–water partition coefficient (Wildman–Crippen LogP) is 0.681. The SMILES string of the molecule is CC1NC(=O)C(C2CC2)N(CCC2CCCO2)C1=O. The Morgan fingerprint density at radius 1 is 1.32 bits per heavy atom. The number of amides is 2. The van der Waals surface area contributed by atoms with Gasteiger partial charge >= 0.3 is 0 Å². The molecule has 0 aromatic heterocycles. The van der Waals surface area contributed by atoms with E-state index in [-0.39, 0.29) is 30.0 Å². The van der Waals surface area contributed by atoms with Crippen LogP contribution in [0.15, 0.2) is 0 Å². The van der Waals surface area contributed by atoms with Crippen LogP contribution in [-0.4, -0.2) is 48.1 Å². The molecular weight excluding hydrogens is 244 g/mol. The summed E-state index contributed by atoms with van der Waals surface area (Å²) < 4.78 is 5.61. The molecule has 0 bridgehead atoms. The van der Waals surface area contributed by atoms with Crippen molar-refractivity contribution in [3.63, 3.8) is 0 Å². The summed E-state index contributed by atoms with van der Waals surface area (Å²) in [6.45, 7) is 3.26. The van der Waals surface area contributed by atoms with Gasteiger partial charge in [0.1, 0.15) is 12.1 Å². The Balaban J connectivity index is 1.66. The van der Waals surface area contributed by atoms with Crippen LogP contribution in [0.3, 0.4) is 0 Å². The predicted molar refractivity (Wildman–Crippen MR) is 69.4 cm³/mol. The fourth-order valence-corrected chi connectivity index (χ4v) is 3.17. The van der Waals surface area contributed by atoms with E-state index in [2.05, 4.69) is 5.32 Å². The average Bonchev–Trinajstić information content (AvgIpc) is 3.07. The van der Waals surface area contributed by atoms with Crippen LogP contribution in [0.5, 0.6) is 0 Å². The summed E-state index contributed by atoms with van der Waals surface area (Å²) in [6.07, 6.45) is 5.45. The van der Waals surface area contributed by atoms with Crippen LogP contribution in [0, 0.1) is 5.92 Å². The van der Waals surface area contributed by atoms with Gasteiger partial charge in [0.05, 0.1) is 6.10 Å². The summed E-state index contributed by atoms with van der Waals surface area (Å²) in [4.78, 5) is 26.2. The third-order valence-corrected chi connectivity index (χ3v) is 4.40. The highest BCUT2D eigenvalue weighted by Gasteiger charge is 2.46. The van der Waals surface area contributed by atoms with Crippen molar-refractivity contribution in [2.45, 2.75) is 57.2 Å². The second-order valence-corrected chi connectivity index (χ2v) is 5.97. The van der Waals surface area contributed by atoms with Gasteiger partial charge < -0.3 is 15.0 Å². The normalized spacial score (nSPS) is 35.6. The van der Waals surface area contributed by atoms with Crippen molar-refractivity contribution < 1.29 is 14.3 Å². The molecule has 5 heteroatoms. The largest absolute Gasteiger partial charge is 0.378 e. The highest BCUT2D eigenvalue weighted by atomic mass is 16.5. The Morgan fingerprint density at radius 3 is 2.74 bits per heavy atom. The minimum Gasteiger partial charge on any atom is -0.378 e. The van der Waals surface area contributed by atoms with Gasteiger partial charge in [-0.05, 0) is 44.9 Å². The summed E-state index contributed by atoms with van der Waals surface area (Å²) >= 11 is 0. The third-order valence-electron chi connectivity index (χ3n) is 4.40. The van der Waals surface area contributed by atoms with Gasteiger partial charge in [-0.1, -0.05) is 0 Å². The molecule has 3 fully saturated rings. The molecule has 2 aliphatic heterocycles. The maximum Gasteiger partial charge on any atom is 0.245 e. The number of piperazine rings is 1. The molecule has 0 aromatic carbocycles. The van der Waals surface area contributed by atoms with Crippen LogP contribution >= 0.6 is 0 Å². The standard InChI is InChI=1S/C14H22N2O3/c1-9-14(18)16(7-6-11-3-2-8-19-11)12(10-4-5-10)13(17)15-9/h9-12H,2-8H2,1H3,(H,15,17). The topological polar surface area (TPSA) is 58.6 Å². The van der Waals surface area contributed by atoms with Crippen LogP contribution in [0.2, 0.25) is 0 Å². The monoisotopic (exact) mass is 266 g/mol. The summed E-state index contributed by atoms with van der Waals surface area (Å²) in [7, 11) is 0. The molecule has 3 unspecified atom stereocenters. The Hall–Kier alpha value is -1.10. The molecule has 0 spiro atoms. The highest BCUT2D eigenvalue weighted by Crippen LogP contribution is 2.37. The van der Waals surface area contributed by atoms with Crippen molar-refractivity contribution in [2.24, 2.45) is 5.92 Å². The Labute approximate surface area is 113 Å². The lowest BCUT2D eigenvalue weighted by atomic mass is 10.0. The number of nitrogens with one attached hydrogen (secondary N) is 1. The minimum absolute atomic E-state index is 0.0296. The van der Waals surface area contributed by atoms with Gasteiger partial charge in [-0.3, -0.25) is 9.59 Å². The lowest BCUT2D eigenvalue weighted by molar-refractivity contribution is -0.150. The Kier molecular flexibility index (Phi) is 3.48. The number of hydrogen-bond donors (Lipinski definition) is 1. The first kappa shape index (κ1) is 12.9. The van der Waals surface area contributed by atoms with E-state index >= 15 is 0 Å². The second kappa shape index (κ2) is 5.12. The summed E-state index contributed by atoms with van der Waals surface area (Å²) in [5.74, 6) is 0.470. The van der Waals surface area contributed by atoms with Gasteiger partial charge in [-0.2, -0.15) is 0 Å². The molecule has 3 rings (SSSR count). The van der Waals surface area contributed by atoms with E-state index in [1.807, 2.05) is 4.90 Å². The van der Waals surface area contributed by atoms with Crippen molar-refractivity contribution in [2.75, 3.05) is 13.2 Å². The maximum absolute atomic E-state index is 12.3. The summed E-state index contributed by atoms with van der Waals surface area (Å²) in [5, 5.41) is 2.80. The number of rotatable bonds is 4. The molecule has 0 radical (unpaired) electrons. The molecule has 2 saturated heterocycles. The molecular formula is C14H22N2O3. The molecule has 19 heavy (non-hydrogen) atoms. The zero-order valence-electron chi connectivity index (χ0n) is 11.4. The molecule has 1 N–H and O–H groups in total. The first-order valence-corrected chi connectivity index (χ1v) is 7.39. The molecule has 0 aromatic rings. The van der Waals surface area contributed by atoms with E-state index in [9.17, 15) is 9.59 Å². The van der Waals surface area contributed by atoms with Gasteiger partial charge in [0.15, 0.2) is 0 Å². The Bertz CT molecular complexity index is 375. The molecule has 3 atom stereocenters. The molecule has 1 saturated carbocycles. The average molecular weight is 266 g/mol. The first-order chi connectivity index (χ1) is 9.16. The van der Waals surface area contributed by atoms with Gasteiger partial charge in [-0.25, -0.2) is 0 Å². The second-order valence-electron chi connectivity index (χ2n) is 5.97. The first-order valence-electron chi connectivity index (χ1n) is 7.39. The number of carbonyl (C=O) groups is 2. The van der Waals surface area contributed by atoms with E-state index in [1.54, 1.807) is 6.92 Å². The summed E-state index contributed by atoms with van der Waals surface area (Å²) in [5.41, 5.74) is 0. The molecule has 1 aliphatic carbocycles. The lowest BCUT2D eigenvalue weighted by Gasteiger charge is -2.38. The number of ether oxygens (including phenoxy) is 1. The fourth-order valence-electron chi connectivity index (χ4n) is 3.17. The smallest absolute Gasteiger partial charge is 0.245 e. The van der Waals surface area contributed by atoms with Crippen LogP contribution in [0.1, 0.15) is 39.0 Å². The molecule has 3 aliphatic rings. The van der Waals surface area contributed by atoms with E-state index < -0.39 is 0 Å². The Morgan fingerprint density at radius 2 is 2.11 bits per heavy atom. The van der Waals surface area contributed by atoms with Crippen LogP contribution < -0.4 is 5.32 Å². The lowest BCUT2D eigenvalue weighted by Crippen LogP contribution is -2.63. The molecule has 106 valence electrons.